The molecule has 3 nitrogen and oxygen atoms in total. The molecule has 0 radical (unpaired) electrons. The third-order valence-electron chi connectivity index (χ3n) is 3.32. The monoisotopic (exact) mass is 248 g/mol. The fraction of sp³-hybridized carbons (Fsp3) is 0.600. The second-order valence-electron chi connectivity index (χ2n) is 5.07. The summed E-state index contributed by atoms with van der Waals surface area (Å²) < 4.78 is 5.80. The Bertz CT molecular complexity index is 371. The lowest BCUT2D eigenvalue weighted by Crippen LogP contribution is -2.46. The van der Waals surface area contributed by atoms with Gasteiger partial charge < -0.3 is 15.0 Å². The van der Waals surface area contributed by atoms with Crippen molar-refractivity contribution >= 4 is 5.69 Å². The van der Waals surface area contributed by atoms with Crippen LogP contribution in [0.2, 0.25) is 0 Å². The van der Waals surface area contributed by atoms with Gasteiger partial charge in [0.25, 0.3) is 0 Å². The highest BCUT2D eigenvalue weighted by molar-refractivity contribution is 5.54. The van der Waals surface area contributed by atoms with E-state index in [0.717, 1.165) is 26.2 Å². The first-order valence-electron chi connectivity index (χ1n) is 6.89. The summed E-state index contributed by atoms with van der Waals surface area (Å²) in [6.07, 6.45) is 0.613. The van der Waals surface area contributed by atoms with E-state index in [1.165, 1.54) is 11.3 Å². The van der Waals surface area contributed by atoms with Gasteiger partial charge in [-0.2, -0.15) is 0 Å². The Morgan fingerprint density at radius 2 is 1.89 bits per heavy atom. The molecule has 1 saturated heterocycles. The molecule has 0 spiro atoms. The summed E-state index contributed by atoms with van der Waals surface area (Å²) in [5.41, 5.74) is 2.72. The summed E-state index contributed by atoms with van der Waals surface area (Å²) in [7, 11) is 0. The molecule has 0 bridgehead atoms. The Morgan fingerprint density at radius 1 is 1.22 bits per heavy atom. The molecule has 0 unspecified atom stereocenters. The fourth-order valence-electron chi connectivity index (χ4n) is 2.60. The lowest BCUT2D eigenvalue weighted by molar-refractivity contribution is -0.00526. The fourth-order valence-corrected chi connectivity index (χ4v) is 2.60. The van der Waals surface area contributed by atoms with Crippen LogP contribution in [-0.4, -0.2) is 31.8 Å². The minimum absolute atomic E-state index is 0.306. The molecule has 1 fully saturated rings. The molecule has 1 N–H and O–H groups in total. The predicted octanol–water partition coefficient (Wildman–Crippen LogP) is 2.41. The van der Waals surface area contributed by atoms with Crippen LogP contribution in [0.3, 0.4) is 0 Å². The van der Waals surface area contributed by atoms with Gasteiger partial charge in [-0.25, -0.2) is 0 Å². The van der Waals surface area contributed by atoms with Gasteiger partial charge in [-0.05, 0) is 32.0 Å². The molecular weight excluding hydrogens is 224 g/mol. The molecular formula is C15H24N2O. The smallest absolute Gasteiger partial charge is 0.0726 e. The van der Waals surface area contributed by atoms with Crippen LogP contribution < -0.4 is 10.2 Å². The van der Waals surface area contributed by atoms with E-state index in [2.05, 4.69) is 55.3 Å². The summed E-state index contributed by atoms with van der Waals surface area (Å²) in [6.45, 7) is 10.3. The third-order valence-corrected chi connectivity index (χ3v) is 3.32. The number of hydrogen-bond acceptors (Lipinski definition) is 3. The van der Waals surface area contributed by atoms with Crippen molar-refractivity contribution in [2.75, 3.05) is 24.5 Å². The number of para-hydroxylation sites is 1. The molecule has 100 valence electrons. The molecule has 18 heavy (non-hydrogen) atoms. The summed E-state index contributed by atoms with van der Waals surface area (Å²) in [6, 6.07) is 8.67. The van der Waals surface area contributed by atoms with Gasteiger partial charge in [-0.15, -0.1) is 0 Å². The van der Waals surface area contributed by atoms with E-state index in [0.29, 0.717) is 12.2 Å². The summed E-state index contributed by atoms with van der Waals surface area (Å²) in [4.78, 5) is 2.45. The lowest BCUT2D eigenvalue weighted by atomic mass is 10.1. The van der Waals surface area contributed by atoms with Crippen LogP contribution in [0.25, 0.3) is 0 Å². The van der Waals surface area contributed by atoms with E-state index in [1.54, 1.807) is 0 Å². The molecule has 1 aliphatic rings. The average molecular weight is 248 g/mol. The molecule has 1 aliphatic heterocycles. The van der Waals surface area contributed by atoms with Crippen LogP contribution in [0.4, 0.5) is 5.69 Å². The number of hydrogen-bond donors (Lipinski definition) is 1. The van der Waals surface area contributed by atoms with Gasteiger partial charge in [-0.1, -0.05) is 25.1 Å². The highest BCUT2D eigenvalue weighted by Crippen LogP contribution is 2.24. The largest absolute Gasteiger partial charge is 0.372 e. The van der Waals surface area contributed by atoms with Gasteiger partial charge >= 0.3 is 0 Å². The predicted molar refractivity (Wildman–Crippen MR) is 76.0 cm³/mol. The molecule has 2 atom stereocenters. The minimum atomic E-state index is 0.306. The number of benzene rings is 1. The molecule has 0 aliphatic carbocycles. The minimum Gasteiger partial charge on any atom is -0.372 e. The Morgan fingerprint density at radius 3 is 2.56 bits per heavy atom. The van der Waals surface area contributed by atoms with E-state index in [-0.39, 0.29) is 0 Å². The highest BCUT2D eigenvalue weighted by atomic mass is 16.5. The first-order chi connectivity index (χ1) is 8.70. The molecule has 0 amide bonds. The van der Waals surface area contributed by atoms with Crippen molar-refractivity contribution in [2.45, 2.75) is 39.5 Å². The zero-order valence-electron chi connectivity index (χ0n) is 11.6. The number of morpholine rings is 1. The Kier molecular flexibility index (Phi) is 4.61. The molecule has 0 saturated carbocycles. The van der Waals surface area contributed by atoms with Crippen molar-refractivity contribution in [3.05, 3.63) is 29.8 Å². The van der Waals surface area contributed by atoms with Gasteiger partial charge in [0.05, 0.1) is 12.2 Å². The second-order valence-corrected chi connectivity index (χ2v) is 5.07. The van der Waals surface area contributed by atoms with Gasteiger partial charge in [0.2, 0.25) is 0 Å². The maximum Gasteiger partial charge on any atom is 0.0726 e. The summed E-state index contributed by atoms with van der Waals surface area (Å²) in [5, 5.41) is 3.41. The van der Waals surface area contributed by atoms with E-state index in [9.17, 15) is 0 Å². The zero-order valence-corrected chi connectivity index (χ0v) is 11.6. The average Bonchev–Trinajstić information content (AvgIpc) is 2.35. The number of nitrogens with zero attached hydrogens (tertiary/aromatic N) is 1. The van der Waals surface area contributed by atoms with Gasteiger partial charge in [0.15, 0.2) is 0 Å². The van der Waals surface area contributed by atoms with Crippen molar-refractivity contribution in [2.24, 2.45) is 0 Å². The van der Waals surface area contributed by atoms with Crippen molar-refractivity contribution in [3.8, 4) is 0 Å². The van der Waals surface area contributed by atoms with E-state index >= 15 is 0 Å². The lowest BCUT2D eigenvalue weighted by Gasteiger charge is -2.37. The van der Waals surface area contributed by atoms with Crippen LogP contribution in [0, 0.1) is 0 Å². The molecule has 0 aromatic heterocycles. The third kappa shape index (κ3) is 3.24. The highest BCUT2D eigenvalue weighted by Gasteiger charge is 2.23. The molecule has 1 aromatic rings. The van der Waals surface area contributed by atoms with E-state index in [4.69, 9.17) is 4.74 Å². The first kappa shape index (κ1) is 13.4. The summed E-state index contributed by atoms with van der Waals surface area (Å²) in [5.74, 6) is 0. The number of ether oxygens (including phenoxy) is 1. The Labute approximate surface area is 110 Å². The number of rotatable bonds is 4. The molecule has 1 aromatic carbocycles. The molecule has 3 heteroatoms. The maximum atomic E-state index is 5.80. The van der Waals surface area contributed by atoms with Gasteiger partial charge in [0.1, 0.15) is 0 Å². The topological polar surface area (TPSA) is 24.5 Å². The molecule has 1 heterocycles. The normalized spacial score (nSPS) is 24.3. The first-order valence-corrected chi connectivity index (χ1v) is 6.89. The van der Waals surface area contributed by atoms with Crippen LogP contribution >= 0.6 is 0 Å². The number of nitrogens with one attached hydrogen (secondary N) is 1. The van der Waals surface area contributed by atoms with Crippen LogP contribution in [0.1, 0.15) is 26.3 Å². The van der Waals surface area contributed by atoms with Crippen LogP contribution in [-0.2, 0) is 11.3 Å². The SMILES string of the molecule is CCNCc1ccccc1N1C[C@@H](C)O[C@@H](C)C1. The van der Waals surface area contributed by atoms with Crippen LogP contribution in [0.15, 0.2) is 24.3 Å². The Balaban J connectivity index is 2.15. The molecule has 2 rings (SSSR count). The van der Waals surface area contributed by atoms with Crippen molar-refractivity contribution in [1.82, 2.24) is 5.32 Å². The van der Waals surface area contributed by atoms with Crippen LogP contribution in [0.5, 0.6) is 0 Å². The van der Waals surface area contributed by atoms with Crippen molar-refractivity contribution < 1.29 is 4.74 Å². The number of anilines is 1. The standard InChI is InChI=1S/C15H24N2O/c1-4-16-9-14-7-5-6-8-15(14)17-10-12(2)18-13(3)11-17/h5-8,12-13,16H,4,9-11H2,1-3H3/t12-,13+. The van der Waals surface area contributed by atoms with Crippen molar-refractivity contribution in [1.29, 1.82) is 0 Å². The van der Waals surface area contributed by atoms with Crippen molar-refractivity contribution in [3.63, 3.8) is 0 Å². The maximum absolute atomic E-state index is 5.80. The quantitative estimate of drug-likeness (QED) is 0.885. The summed E-state index contributed by atoms with van der Waals surface area (Å²) >= 11 is 0. The van der Waals surface area contributed by atoms with Gasteiger partial charge in [0, 0.05) is 25.3 Å². The zero-order chi connectivity index (χ0) is 13.0. The Hall–Kier alpha value is -1.06. The second kappa shape index (κ2) is 6.21. The van der Waals surface area contributed by atoms with E-state index < -0.39 is 0 Å². The van der Waals surface area contributed by atoms with Gasteiger partial charge in [-0.3, -0.25) is 0 Å². The van der Waals surface area contributed by atoms with E-state index in [1.807, 2.05) is 0 Å².